The molecular weight excluding hydrogens is 274 g/mol. The van der Waals surface area contributed by atoms with E-state index in [-0.39, 0.29) is 18.0 Å². The van der Waals surface area contributed by atoms with Gasteiger partial charge in [0.15, 0.2) is 5.75 Å². The molecule has 0 bridgehead atoms. The van der Waals surface area contributed by atoms with Crippen molar-refractivity contribution in [2.24, 2.45) is 5.73 Å². The molecule has 7 heteroatoms. The number of rotatable bonds is 8. The molecule has 1 amide bonds. The predicted molar refractivity (Wildman–Crippen MR) is 79.2 cm³/mol. The number of benzene rings is 1. The number of carbonyl (C=O) groups is 1. The fourth-order valence-electron chi connectivity index (χ4n) is 1.72. The minimum atomic E-state index is -1.08. The number of aryl methyl sites for hydroxylation is 1. The highest BCUT2D eigenvalue weighted by atomic mass is 16.6. The summed E-state index contributed by atoms with van der Waals surface area (Å²) in [7, 11) is 0. The molecule has 7 nitrogen and oxygen atoms in total. The summed E-state index contributed by atoms with van der Waals surface area (Å²) < 4.78 is 5.50. The lowest BCUT2D eigenvalue weighted by molar-refractivity contribution is -0.385. The van der Waals surface area contributed by atoms with Crippen molar-refractivity contribution in [2.75, 3.05) is 13.2 Å². The lowest BCUT2D eigenvalue weighted by atomic mass is 10.0. The molecule has 21 heavy (non-hydrogen) atoms. The maximum atomic E-state index is 11.6. The average Bonchev–Trinajstić information content (AvgIpc) is 2.42. The van der Waals surface area contributed by atoms with Crippen LogP contribution in [0.3, 0.4) is 0 Å². The molecule has 0 aliphatic heterocycles. The molecule has 3 N–H and O–H groups in total. The van der Waals surface area contributed by atoms with Gasteiger partial charge < -0.3 is 15.8 Å². The Morgan fingerprint density at radius 3 is 2.71 bits per heavy atom. The van der Waals surface area contributed by atoms with Crippen molar-refractivity contribution in [3.05, 3.63) is 33.9 Å². The van der Waals surface area contributed by atoms with Gasteiger partial charge >= 0.3 is 5.69 Å². The molecule has 0 aromatic heterocycles. The number of hydrogen-bond donors (Lipinski definition) is 2. The summed E-state index contributed by atoms with van der Waals surface area (Å²) in [6.45, 7) is 5.90. The number of hydrogen-bond acceptors (Lipinski definition) is 5. The van der Waals surface area contributed by atoms with Gasteiger partial charge in [-0.1, -0.05) is 13.0 Å². The first-order valence-electron chi connectivity index (χ1n) is 6.73. The van der Waals surface area contributed by atoms with Crippen LogP contribution in [-0.2, 0) is 4.79 Å². The van der Waals surface area contributed by atoms with Crippen molar-refractivity contribution in [3.63, 3.8) is 0 Å². The Bertz CT molecular complexity index is 533. The van der Waals surface area contributed by atoms with Gasteiger partial charge in [0.1, 0.15) is 12.1 Å². The van der Waals surface area contributed by atoms with E-state index < -0.39 is 16.4 Å². The average molecular weight is 295 g/mol. The van der Waals surface area contributed by atoms with E-state index in [4.69, 9.17) is 10.5 Å². The van der Waals surface area contributed by atoms with Crippen molar-refractivity contribution in [2.45, 2.75) is 32.7 Å². The van der Waals surface area contributed by atoms with Gasteiger partial charge in [-0.05, 0) is 38.4 Å². The summed E-state index contributed by atoms with van der Waals surface area (Å²) >= 11 is 0. The summed E-state index contributed by atoms with van der Waals surface area (Å²) in [5, 5.41) is 14.0. The Morgan fingerprint density at radius 2 is 2.19 bits per heavy atom. The maximum absolute atomic E-state index is 11.6. The molecule has 1 unspecified atom stereocenters. The van der Waals surface area contributed by atoms with E-state index in [9.17, 15) is 14.9 Å². The van der Waals surface area contributed by atoms with Crippen LogP contribution in [0.5, 0.6) is 5.75 Å². The fraction of sp³-hybridized carbons (Fsp3) is 0.500. The van der Waals surface area contributed by atoms with Gasteiger partial charge in [-0.25, -0.2) is 0 Å². The molecule has 1 atom stereocenters. The Labute approximate surface area is 123 Å². The first-order valence-corrected chi connectivity index (χ1v) is 6.73. The van der Waals surface area contributed by atoms with E-state index in [1.54, 1.807) is 26.0 Å². The summed E-state index contributed by atoms with van der Waals surface area (Å²) in [5.41, 5.74) is 5.01. The molecule has 0 aliphatic carbocycles. The van der Waals surface area contributed by atoms with Crippen LogP contribution >= 0.6 is 0 Å². The summed E-state index contributed by atoms with van der Waals surface area (Å²) in [5.74, 6) is -0.433. The van der Waals surface area contributed by atoms with Crippen molar-refractivity contribution >= 4 is 11.6 Å². The number of nitro benzene ring substituents is 1. The fourth-order valence-corrected chi connectivity index (χ4v) is 1.72. The third-order valence-corrected chi connectivity index (χ3v) is 3.14. The van der Waals surface area contributed by atoms with Gasteiger partial charge in [-0.15, -0.1) is 0 Å². The third-order valence-electron chi connectivity index (χ3n) is 3.14. The van der Waals surface area contributed by atoms with Crippen LogP contribution in [0.1, 0.15) is 25.8 Å². The van der Waals surface area contributed by atoms with Gasteiger partial charge in [0.25, 0.3) is 0 Å². The number of ether oxygens (including phenoxy) is 1. The van der Waals surface area contributed by atoms with E-state index in [0.29, 0.717) is 6.54 Å². The lowest BCUT2D eigenvalue weighted by Crippen LogP contribution is -2.57. The van der Waals surface area contributed by atoms with Gasteiger partial charge in [-0.2, -0.15) is 0 Å². The van der Waals surface area contributed by atoms with Crippen LogP contribution in [0.4, 0.5) is 5.69 Å². The minimum Gasteiger partial charge on any atom is -0.484 e. The molecule has 0 saturated carbocycles. The smallest absolute Gasteiger partial charge is 0.310 e. The molecule has 0 fully saturated rings. The topological polar surface area (TPSA) is 107 Å². The van der Waals surface area contributed by atoms with Gasteiger partial charge in [0.2, 0.25) is 5.91 Å². The van der Waals surface area contributed by atoms with E-state index in [2.05, 4.69) is 5.32 Å². The van der Waals surface area contributed by atoms with Crippen molar-refractivity contribution in [3.8, 4) is 5.75 Å². The Hall–Kier alpha value is -2.15. The number of primary amides is 1. The van der Waals surface area contributed by atoms with E-state index in [1.165, 1.54) is 6.07 Å². The number of amides is 1. The highest BCUT2D eigenvalue weighted by molar-refractivity contribution is 5.84. The van der Waals surface area contributed by atoms with Crippen LogP contribution in [0.2, 0.25) is 0 Å². The summed E-state index contributed by atoms with van der Waals surface area (Å²) in [6, 6.07) is 4.58. The molecule has 0 aliphatic rings. The Kier molecular flexibility index (Phi) is 5.66. The quantitative estimate of drug-likeness (QED) is 0.558. The number of nitrogens with two attached hydrogens (primary N) is 1. The third kappa shape index (κ3) is 4.42. The van der Waals surface area contributed by atoms with Crippen LogP contribution in [0.15, 0.2) is 18.2 Å². The second-order valence-corrected chi connectivity index (χ2v) is 5.14. The number of nitro groups is 1. The first-order chi connectivity index (χ1) is 9.80. The van der Waals surface area contributed by atoms with E-state index in [1.807, 2.05) is 6.92 Å². The van der Waals surface area contributed by atoms with Gasteiger partial charge in [0, 0.05) is 6.07 Å². The molecule has 0 spiro atoms. The summed E-state index contributed by atoms with van der Waals surface area (Å²) in [4.78, 5) is 22.0. The Morgan fingerprint density at radius 1 is 1.52 bits per heavy atom. The van der Waals surface area contributed by atoms with Gasteiger partial charge in [-0.3, -0.25) is 14.9 Å². The Balaban J connectivity index is 2.92. The maximum Gasteiger partial charge on any atom is 0.310 e. The van der Waals surface area contributed by atoms with Crippen molar-refractivity contribution < 1.29 is 14.5 Å². The number of carbonyl (C=O) groups excluding carboxylic acids is 1. The highest BCUT2D eigenvalue weighted by Crippen LogP contribution is 2.28. The van der Waals surface area contributed by atoms with Crippen LogP contribution < -0.4 is 15.8 Å². The largest absolute Gasteiger partial charge is 0.484 e. The molecule has 1 aromatic rings. The number of nitrogens with one attached hydrogen (secondary N) is 1. The first kappa shape index (κ1) is 16.9. The zero-order valence-corrected chi connectivity index (χ0v) is 12.5. The summed E-state index contributed by atoms with van der Waals surface area (Å²) in [6.07, 6.45) is 0.827. The van der Waals surface area contributed by atoms with Crippen molar-refractivity contribution in [1.82, 2.24) is 5.32 Å². The molecule has 116 valence electrons. The second kappa shape index (κ2) is 7.03. The molecule has 1 rings (SSSR count). The molecule has 0 heterocycles. The monoisotopic (exact) mass is 295 g/mol. The molecule has 0 saturated heterocycles. The van der Waals surface area contributed by atoms with Crippen molar-refractivity contribution in [1.29, 1.82) is 0 Å². The van der Waals surface area contributed by atoms with E-state index >= 15 is 0 Å². The standard InChI is InChI=1S/C14H21N3O4/c1-4-7-16-14(3,13(15)18)9-21-12-8-10(2)5-6-11(12)17(19)20/h5-6,8,16H,4,7,9H2,1-3H3,(H2,15,18). The highest BCUT2D eigenvalue weighted by Gasteiger charge is 2.32. The minimum absolute atomic E-state index is 0.0768. The van der Waals surface area contributed by atoms with Gasteiger partial charge in [0.05, 0.1) is 4.92 Å². The molecule has 0 radical (unpaired) electrons. The zero-order chi connectivity index (χ0) is 16.0. The SMILES string of the molecule is CCCNC(C)(COc1cc(C)ccc1[N+](=O)[O-])C(N)=O. The van der Waals surface area contributed by atoms with Crippen LogP contribution in [0, 0.1) is 17.0 Å². The normalized spacial score (nSPS) is 13.5. The predicted octanol–water partition coefficient (Wildman–Crippen LogP) is 1.53. The molecule has 1 aromatic carbocycles. The van der Waals surface area contributed by atoms with Crippen LogP contribution in [-0.4, -0.2) is 29.5 Å². The van der Waals surface area contributed by atoms with Crippen LogP contribution in [0.25, 0.3) is 0 Å². The van der Waals surface area contributed by atoms with E-state index in [0.717, 1.165) is 12.0 Å². The lowest BCUT2D eigenvalue weighted by Gasteiger charge is -2.27. The second-order valence-electron chi connectivity index (χ2n) is 5.14. The zero-order valence-electron chi connectivity index (χ0n) is 12.5. The molecular formula is C14H21N3O4. The number of nitrogens with zero attached hydrogens (tertiary/aromatic N) is 1.